The number of aromatic nitrogens is 3. The summed E-state index contributed by atoms with van der Waals surface area (Å²) in [7, 11) is 0. The number of hydrogen-bond acceptors (Lipinski definition) is 5. The zero-order valence-electron chi connectivity index (χ0n) is 26.7. The number of amides is 2. The van der Waals surface area contributed by atoms with E-state index in [1.54, 1.807) is 10.6 Å². The van der Waals surface area contributed by atoms with E-state index < -0.39 is 11.7 Å². The van der Waals surface area contributed by atoms with Crippen molar-refractivity contribution in [1.29, 1.82) is 0 Å². The Labute approximate surface area is 278 Å². The normalized spacial score (nSPS) is 15.9. The number of nitrogens with zero attached hydrogens (tertiary/aromatic N) is 5. The number of unbranched alkanes of at least 4 members (excludes halogenated alkanes) is 1. The van der Waals surface area contributed by atoms with Gasteiger partial charge in [-0.1, -0.05) is 85.4 Å². The van der Waals surface area contributed by atoms with Crippen LogP contribution in [0.1, 0.15) is 68.0 Å². The minimum absolute atomic E-state index is 0.0687. The third kappa shape index (κ3) is 8.62. The Morgan fingerprint density at radius 3 is 2.34 bits per heavy atom. The molecule has 1 aromatic heterocycles. The first-order valence-electron chi connectivity index (χ1n) is 16.1. The second-order valence-corrected chi connectivity index (χ2v) is 12.9. The molecule has 3 aromatic carbocycles. The zero-order chi connectivity index (χ0) is 33.4. The van der Waals surface area contributed by atoms with E-state index in [1.165, 1.54) is 17.8 Å². The quantitative estimate of drug-likeness (QED) is 0.117. The van der Waals surface area contributed by atoms with Crippen LogP contribution < -0.4 is 0 Å². The Bertz CT molecular complexity index is 1630. The summed E-state index contributed by atoms with van der Waals surface area (Å²) < 4.78 is 42.3. The lowest BCUT2D eigenvalue weighted by molar-refractivity contribution is -0.143. The summed E-state index contributed by atoms with van der Waals surface area (Å²) in [4.78, 5) is 30.3. The van der Waals surface area contributed by atoms with Crippen molar-refractivity contribution in [2.45, 2.75) is 69.2 Å². The van der Waals surface area contributed by atoms with E-state index in [-0.39, 0.29) is 23.8 Å². The van der Waals surface area contributed by atoms with Crippen LogP contribution in [-0.2, 0) is 22.2 Å². The van der Waals surface area contributed by atoms with Crippen molar-refractivity contribution in [2.75, 3.05) is 25.4 Å². The maximum atomic E-state index is 13.5. The van der Waals surface area contributed by atoms with Crippen molar-refractivity contribution < 1.29 is 22.8 Å². The Morgan fingerprint density at radius 2 is 1.66 bits per heavy atom. The van der Waals surface area contributed by atoms with E-state index in [4.69, 9.17) is 0 Å². The van der Waals surface area contributed by atoms with Crippen molar-refractivity contribution in [2.24, 2.45) is 0 Å². The van der Waals surface area contributed by atoms with E-state index in [1.807, 2.05) is 84.3 Å². The standard InChI is InChI=1S/C36H40F3N5O2S/c1-3-31(28-15-8-5-9-16-28)34(46)43-21-20-42(25-26(43)2)33(45)19-10-11-22-47-35-41-40-32(23-27-13-6-4-7-14-27)44(35)30-18-12-17-29(24-30)36(37,38)39/h4-9,12-18,24,26,31H,3,10-11,19-23,25H2,1-2H3. The summed E-state index contributed by atoms with van der Waals surface area (Å²) >= 11 is 1.42. The van der Waals surface area contributed by atoms with E-state index in [2.05, 4.69) is 10.2 Å². The van der Waals surface area contributed by atoms with Gasteiger partial charge in [0.05, 0.1) is 17.2 Å². The highest BCUT2D eigenvalue weighted by Gasteiger charge is 2.33. The van der Waals surface area contributed by atoms with E-state index in [9.17, 15) is 22.8 Å². The van der Waals surface area contributed by atoms with Crippen LogP contribution in [0.3, 0.4) is 0 Å². The molecule has 0 N–H and O–H groups in total. The maximum Gasteiger partial charge on any atom is 0.416 e. The van der Waals surface area contributed by atoms with Crippen LogP contribution in [0, 0.1) is 0 Å². The molecule has 2 unspecified atom stereocenters. The van der Waals surface area contributed by atoms with Crippen LogP contribution in [0.5, 0.6) is 0 Å². The van der Waals surface area contributed by atoms with Crippen molar-refractivity contribution in [1.82, 2.24) is 24.6 Å². The van der Waals surface area contributed by atoms with Crippen molar-refractivity contribution in [3.63, 3.8) is 0 Å². The smallest absolute Gasteiger partial charge is 0.339 e. The number of alkyl halides is 3. The largest absolute Gasteiger partial charge is 0.416 e. The summed E-state index contributed by atoms with van der Waals surface area (Å²) in [6.07, 6.45) is -1.55. The van der Waals surface area contributed by atoms with Gasteiger partial charge in [0.1, 0.15) is 5.82 Å². The molecule has 4 aromatic rings. The summed E-state index contributed by atoms with van der Waals surface area (Å²) in [5.74, 6) is 1.18. The van der Waals surface area contributed by atoms with Gasteiger partial charge in [-0.2, -0.15) is 13.2 Å². The molecule has 0 aliphatic carbocycles. The number of carbonyl (C=O) groups is 2. The van der Waals surface area contributed by atoms with Gasteiger partial charge in [0.2, 0.25) is 11.8 Å². The van der Waals surface area contributed by atoms with Gasteiger partial charge in [0, 0.05) is 44.3 Å². The monoisotopic (exact) mass is 663 g/mol. The third-order valence-electron chi connectivity index (χ3n) is 8.52. The predicted molar refractivity (Wildman–Crippen MR) is 177 cm³/mol. The van der Waals surface area contributed by atoms with Gasteiger partial charge in [0.25, 0.3) is 0 Å². The van der Waals surface area contributed by atoms with Crippen LogP contribution in [0.2, 0.25) is 0 Å². The average Bonchev–Trinajstić information content (AvgIpc) is 3.47. The number of halogens is 3. The minimum Gasteiger partial charge on any atom is -0.339 e. The highest BCUT2D eigenvalue weighted by atomic mass is 32.2. The van der Waals surface area contributed by atoms with Crippen LogP contribution >= 0.6 is 11.8 Å². The lowest BCUT2D eigenvalue weighted by Crippen LogP contribution is -2.56. The fourth-order valence-corrected chi connectivity index (χ4v) is 6.99. The van der Waals surface area contributed by atoms with Gasteiger partial charge in [-0.05, 0) is 55.5 Å². The van der Waals surface area contributed by atoms with Crippen LogP contribution in [0.25, 0.3) is 5.69 Å². The molecule has 11 heteroatoms. The van der Waals surface area contributed by atoms with Crippen LogP contribution in [0.4, 0.5) is 13.2 Å². The Balaban J connectivity index is 1.15. The maximum absolute atomic E-state index is 13.5. The Morgan fingerprint density at radius 1 is 0.936 bits per heavy atom. The van der Waals surface area contributed by atoms with Crippen molar-refractivity contribution in [3.05, 3.63) is 107 Å². The number of rotatable bonds is 12. The van der Waals surface area contributed by atoms with E-state index in [0.29, 0.717) is 61.3 Å². The van der Waals surface area contributed by atoms with Gasteiger partial charge in [-0.15, -0.1) is 10.2 Å². The van der Waals surface area contributed by atoms with E-state index in [0.717, 1.165) is 36.1 Å². The summed E-state index contributed by atoms with van der Waals surface area (Å²) in [5, 5.41) is 9.20. The van der Waals surface area contributed by atoms with Crippen molar-refractivity contribution >= 4 is 23.6 Å². The number of benzene rings is 3. The summed E-state index contributed by atoms with van der Waals surface area (Å²) in [5.41, 5.74) is 1.62. The molecule has 2 heterocycles. The molecule has 1 saturated heterocycles. The first kappa shape index (κ1) is 34.2. The lowest BCUT2D eigenvalue weighted by Gasteiger charge is -2.41. The van der Waals surface area contributed by atoms with Gasteiger partial charge >= 0.3 is 6.18 Å². The summed E-state index contributed by atoms with van der Waals surface area (Å²) in [6.45, 7) is 5.56. The van der Waals surface area contributed by atoms with Gasteiger partial charge in [-0.3, -0.25) is 14.2 Å². The van der Waals surface area contributed by atoms with Crippen LogP contribution in [-0.4, -0.2) is 67.8 Å². The van der Waals surface area contributed by atoms with E-state index >= 15 is 0 Å². The molecule has 1 aliphatic rings. The predicted octanol–water partition coefficient (Wildman–Crippen LogP) is 7.39. The Kier molecular flexibility index (Phi) is 11.4. The number of carbonyl (C=O) groups excluding carboxylic acids is 2. The SMILES string of the molecule is CCC(C(=O)N1CCN(C(=O)CCCCSc2nnc(Cc3ccccc3)n2-c2cccc(C(F)(F)F)c2)CC1C)c1ccccc1. The van der Waals surface area contributed by atoms with Gasteiger partial charge < -0.3 is 9.80 Å². The average molecular weight is 664 g/mol. The molecule has 248 valence electrons. The molecule has 5 rings (SSSR count). The molecule has 0 radical (unpaired) electrons. The molecular formula is C36H40F3N5O2S. The second kappa shape index (κ2) is 15.6. The molecule has 1 fully saturated rings. The third-order valence-corrected chi connectivity index (χ3v) is 9.54. The highest BCUT2D eigenvalue weighted by Crippen LogP contribution is 2.32. The first-order chi connectivity index (χ1) is 22.7. The zero-order valence-corrected chi connectivity index (χ0v) is 27.5. The summed E-state index contributed by atoms with van der Waals surface area (Å²) in [6, 6.07) is 24.6. The molecule has 2 atom stereocenters. The molecule has 7 nitrogen and oxygen atoms in total. The lowest BCUT2D eigenvalue weighted by atomic mass is 9.94. The molecule has 47 heavy (non-hydrogen) atoms. The molecule has 0 spiro atoms. The number of hydrogen-bond donors (Lipinski definition) is 0. The van der Waals surface area contributed by atoms with Gasteiger partial charge in [-0.25, -0.2) is 0 Å². The fourth-order valence-electron chi connectivity index (χ4n) is 6.02. The molecule has 2 amide bonds. The second-order valence-electron chi connectivity index (χ2n) is 11.8. The number of thioether (sulfide) groups is 1. The molecule has 0 saturated carbocycles. The molecular weight excluding hydrogens is 623 g/mol. The minimum atomic E-state index is -4.47. The number of piperazine rings is 1. The van der Waals surface area contributed by atoms with Gasteiger partial charge in [0.15, 0.2) is 5.16 Å². The van der Waals surface area contributed by atoms with Crippen molar-refractivity contribution in [3.8, 4) is 5.69 Å². The first-order valence-corrected chi connectivity index (χ1v) is 17.1. The molecule has 1 aliphatic heterocycles. The fraction of sp³-hybridized carbons (Fsp3) is 0.389. The Hall–Kier alpha value is -4.12. The topological polar surface area (TPSA) is 71.3 Å². The highest BCUT2D eigenvalue weighted by molar-refractivity contribution is 7.99. The van der Waals surface area contributed by atoms with Crippen LogP contribution in [0.15, 0.2) is 90.1 Å². The molecule has 0 bridgehead atoms.